The van der Waals surface area contributed by atoms with Crippen LogP contribution in [-0.2, 0) is 9.47 Å². The average molecular weight is 440 g/mol. The highest BCUT2D eigenvalue weighted by molar-refractivity contribution is 5.59. The van der Waals surface area contributed by atoms with Crippen LogP contribution in [0, 0.1) is 0 Å². The number of carbonyl (C=O) groups excluding carboxylic acids is 1. The molecule has 162 valence electrons. The highest BCUT2D eigenvalue weighted by Gasteiger charge is 2.87. The number of halogens is 14. The molecule has 0 aliphatic heterocycles. The summed E-state index contributed by atoms with van der Waals surface area (Å²) in [5.74, 6) is -36.6. The molecule has 0 aromatic carbocycles. The van der Waals surface area contributed by atoms with Crippen molar-refractivity contribution in [2.45, 2.75) is 42.5 Å². The van der Waals surface area contributed by atoms with Gasteiger partial charge < -0.3 is 9.47 Å². The van der Waals surface area contributed by atoms with Gasteiger partial charge in [0.2, 0.25) is 0 Å². The maximum absolute atomic E-state index is 13.1. The molecule has 27 heavy (non-hydrogen) atoms. The maximum atomic E-state index is 13.1. The second kappa shape index (κ2) is 7.73. The molecule has 0 heterocycles. The Balaban J connectivity index is 5.57. The molecule has 0 spiro atoms. The first-order valence-electron chi connectivity index (χ1n) is 6.00. The van der Waals surface area contributed by atoms with Gasteiger partial charge in [-0.3, -0.25) is 0 Å². The number of carbonyl (C=O) groups is 1. The van der Waals surface area contributed by atoms with Crippen LogP contribution in [0.2, 0.25) is 0 Å². The smallest absolute Gasteiger partial charge is 0.428 e. The first kappa shape index (κ1) is 25.3. The Kier molecular flexibility index (Phi) is 7.24. The van der Waals surface area contributed by atoms with Gasteiger partial charge in [-0.05, 0) is 0 Å². The molecule has 0 rings (SSSR count). The zero-order chi connectivity index (χ0) is 22.1. The molecule has 0 aliphatic rings. The zero-order valence-corrected chi connectivity index (χ0v) is 12.1. The zero-order valence-electron chi connectivity index (χ0n) is 12.1. The Morgan fingerprint density at radius 3 is 1.52 bits per heavy atom. The number of hydrogen-bond donors (Lipinski definition) is 0. The highest BCUT2D eigenvalue weighted by atomic mass is 19.4. The van der Waals surface area contributed by atoms with Gasteiger partial charge in [0.25, 0.3) is 6.43 Å². The SMILES string of the molecule is O=C(OCC(F)F)OCC(F)(F)C(F)(F)C(F)(F)C(F)(F)C(F)(F)C(F)F. The van der Waals surface area contributed by atoms with Crippen molar-refractivity contribution in [1.29, 1.82) is 0 Å². The van der Waals surface area contributed by atoms with Crippen LogP contribution in [0.5, 0.6) is 0 Å². The van der Waals surface area contributed by atoms with Crippen molar-refractivity contribution < 1.29 is 75.7 Å². The molecule has 0 saturated carbocycles. The largest absolute Gasteiger partial charge is 0.508 e. The summed E-state index contributed by atoms with van der Waals surface area (Å²) in [5, 5.41) is 0. The van der Waals surface area contributed by atoms with Crippen molar-refractivity contribution in [3.8, 4) is 0 Å². The molecule has 0 bridgehead atoms. The van der Waals surface area contributed by atoms with Crippen molar-refractivity contribution in [2.75, 3.05) is 13.2 Å². The molecule has 0 N–H and O–H groups in total. The second-order valence-electron chi connectivity index (χ2n) is 4.59. The van der Waals surface area contributed by atoms with Gasteiger partial charge in [-0.2, -0.15) is 43.9 Å². The first-order valence-corrected chi connectivity index (χ1v) is 6.00. The Labute approximate surface area is 139 Å². The minimum Gasteiger partial charge on any atom is -0.428 e. The van der Waals surface area contributed by atoms with Gasteiger partial charge in [0.15, 0.2) is 13.2 Å². The van der Waals surface area contributed by atoms with Gasteiger partial charge in [0.05, 0.1) is 0 Å². The molecule has 3 nitrogen and oxygen atoms in total. The number of hydrogen-bond acceptors (Lipinski definition) is 3. The highest BCUT2D eigenvalue weighted by Crippen LogP contribution is 2.58. The fraction of sp³-hybridized carbons (Fsp3) is 0.900. The predicted octanol–water partition coefficient (Wildman–Crippen LogP) is 4.85. The summed E-state index contributed by atoms with van der Waals surface area (Å²) in [7, 11) is 0. The molecule has 0 saturated heterocycles. The first-order chi connectivity index (χ1) is 11.8. The van der Waals surface area contributed by atoms with Crippen LogP contribution in [0.25, 0.3) is 0 Å². The van der Waals surface area contributed by atoms with E-state index in [4.69, 9.17) is 0 Å². The number of ether oxygens (including phenoxy) is 2. The van der Waals surface area contributed by atoms with Crippen molar-refractivity contribution in [2.24, 2.45) is 0 Å². The van der Waals surface area contributed by atoms with E-state index in [1.165, 1.54) is 0 Å². The van der Waals surface area contributed by atoms with Crippen LogP contribution in [0.1, 0.15) is 0 Å². The van der Waals surface area contributed by atoms with E-state index in [0.29, 0.717) is 0 Å². The second-order valence-corrected chi connectivity index (χ2v) is 4.59. The molecule has 17 heteroatoms. The van der Waals surface area contributed by atoms with Gasteiger partial charge in [-0.25, -0.2) is 22.4 Å². The summed E-state index contributed by atoms with van der Waals surface area (Å²) < 4.78 is 182. The lowest BCUT2D eigenvalue weighted by Gasteiger charge is -2.38. The quantitative estimate of drug-likeness (QED) is 0.380. The van der Waals surface area contributed by atoms with Crippen molar-refractivity contribution in [3.63, 3.8) is 0 Å². The van der Waals surface area contributed by atoms with Crippen molar-refractivity contribution >= 4 is 6.16 Å². The molecule has 0 fully saturated rings. The van der Waals surface area contributed by atoms with Crippen LogP contribution in [-0.4, -0.2) is 61.8 Å². The van der Waals surface area contributed by atoms with Gasteiger partial charge in [0.1, 0.15) is 0 Å². The number of alkyl halides is 14. The van der Waals surface area contributed by atoms with Crippen molar-refractivity contribution in [1.82, 2.24) is 0 Å². The standard InChI is InChI=1S/C10H6F14O3/c11-3(12)1-26-5(25)27-2-6(15,16)8(19,20)10(23,24)9(21,22)7(17,18)4(13)14/h3-4H,1-2H2. The molecular weight excluding hydrogens is 434 g/mol. The topological polar surface area (TPSA) is 35.5 Å². The van der Waals surface area contributed by atoms with Crippen LogP contribution in [0.4, 0.5) is 66.3 Å². The molecule has 0 amide bonds. The van der Waals surface area contributed by atoms with Gasteiger partial charge in [-0.1, -0.05) is 0 Å². The van der Waals surface area contributed by atoms with Crippen LogP contribution in [0.15, 0.2) is 0 Å². The molecule has 0 aromatic rings. The molecule has 0 unspecified atom stereocenters. The minimum absolute atomic E-state index is 1.82. The Bertz CT molecular complexity index is 517. The Hall–Kier alpha value is -1.71. The summed E-state index contributed by atoms with van der Waals surface area (Å²) in [4.78, 5) is 10.5. The van der Waals surface area contributed by atoms with Crippen LogP contribution < -0.4 is 0 Å². The third-order valence-corrected chi connectivity index (χ3v) is 2.64. The van der Waals surface area contributed by atoms with E-state index in [9.17, 15) is 66.3 Å². The van der Waals surface area contributed by atoms with E-state index < -0.39 is 61.8 Å². The minimum atomic E-state index is -7.78. The molecular formula is C10H6F14O3. The summed E-state index contributed by atoms with van der Waals surface area (Å²) in [5.41, 5.74) is 0. The van der Waals surface area contributed by atoms with Gasteiger partial charge in [0, 0.05) is 0 Å². The van der Waals surface area contributed by atoms with E-state index in [1.807, 2.05) is 0 Å². The lowest BCUT2D eigenvalue weighted by atomic mass is 9.94. The van der Waals surface area contributed by atoms with E-state index in [1.54, 1.807) is 0 Å². The maximum Gasteiger partial charge on any atom is 0.508 e. The Morgan fingerprint density at radius 2 is 1.15 bits per heavy atom. The normalized spacial score (nSPS) is 14.7. The third kappa shape index (κ3) is 4.59. The average Bonchev–Trinajstić information content (AvgIpc) is 2.49. The molecule has 0 atom stereocenters. The van der Waals surface area contributed by atoms with Crippen LogP contribution in [0.3, 0.4) is 0 Å². The van der Waals surface area contributed by atoms with Gasteiger partial charge in [-0.15, -0.1) is 0 Å². The van der Waals surface area contributed by atoms with E-state index in [-0.39, 0.29) is 0 Å². The summed E-state index contributed by atoms with van der Waals surface area (Å²) >= 11 is 0. The lowest BCUT2D eigenvalue weighted by molar-refractivity contribution is -0.414. The summed E-state index contributed by atoms with van der Waals surface area (Å²) in [6, 6.07) is 0. The molecule has 0 radical (unpaired) electrons. The molecule has 0 aromatic heterocycles. The fourth-order valence-corrected chi connectivity index (χ4v) is 1.19. The van der Waals surface area contributed by atoms with Crippen molar-refractivity contribution in [3.05, 3.63) is 0 Å². The monoisotopic (exact) mass is 440 g/mol. The summed E-state index contributed by atoms with van der Waals surface area (Å²) in [6.45, 7) is -5.05. The van der Waals surface area contributed by atoms with Crippen LogP contribution >= 0.6 is 0 Å². The Morgan fingerprint density at radius 1 is 0.704 bits per heavy atom. The van der Waals surface area contributed by atoms with E-state index in [2.05, 4.69) is 9.47 Å². The fourth-order valence-electron chi connectivity index (χ4n) is 1.19. The van der Waals surface area contributed by atoms with E-state index >= 15 is 0 Å². The van der Waals surface area contributed by atoms with E-state index in [0.717, 1.165) is 0 Å². The predicted molar refractivity (Wildman–Crippen MR) is 54.0 cm³/mol. The third-order valence-electron chi connectivity index (χ3n) is 2.64. The number of rotatable bonds is 9. The summed E-state index contributed by atoms with van der Waals surface area (Å²) in [6.07, 6.45) is -11.6. The lowest BCUT2D eigenvalue weighted by Crippen LogP contribution is -2.69. The van der Waals surface area contributed by atoms with Gasteiger partial charge >= 0.3 is 42.2 Å². The molecule has 0 aliphatic carbocycles.